The van der Waals surface area contributed by atoms with Gasteiger partial charge in [-0.05, 0) is 46.5 Å². The zero-order chi connectivity index (χ0) is 13.2. The van der Waals surface area contributed by atoms with Crippen molar-refractivity contribution in [2.45, 2.75) is 18.9 Å². The van der Waals surface area contributed by atoms with Crippen LogP contribution in [0, 0.1) is 0 Å². The van der Waals surface area contributed by atoms with Crippen LogP contribution in [0.15, 0.2) is 41.4 Å². The number of anilines is 2. The lowest BCUT2D eigenvalue weighted by atomic mass is 10.1. The molecule has 0 aromatic carbocycles. The van der Waals surface area contributed by atoms with Gasteiger partial charge in [-0.3, -0.25) is 9.97 Å². The first-order valence-electron chi connectivity index (χ1n) is 6.33. The Morgan fingerprint density at radius 3 is 2.74 bits per heavy atom. The van der Waals surface area contributed by atoms with Crippen molar-refractivity contribution in [2.75, 3.05) is 17.2 Å². The Hall–Kier alpha value is -1.62. The van der Waals surface area contributed by atoms with Crippen LogP contribution in [0.25, 0.3) is 0 Å². The van der Waals surface area contributed by atoms with Crippen molar-refractivity contribution < 1.29 is 0 Å². The van der Waals surface area contributed by atoms with E-state index in [4.69, 9.17) is 5.73 Å². The highest BCUT2D eigenvalue weighted by Crippen LogP contribution is 2.41. The number of halogens is 1. The molecule has 0 aliphatic carbocycles. The first-order valence-corrected chi connectivity index (χ1v) is 7.12. The fourth-order valence-electron chi connectivity index (χ4n) is 2.71. The van der Waals surface area contributed by atoms with E-state index in [0.29, 0.717) is 6.04 Å². The molecular weight excluding hydrogens is 304 g/mol. The largest absolute Gasteiger partial charge is 0.396 e. The summed E-state index contributed by atoms with van der Waals surface area (Å²) in [5, 5.41) is 0. The Morgan fingerprint density at radius 2 is 2.00 bits per heavy atom. The zero-order valence-corrected chi connectivity index (χ0v) is 12.0. The summed E-state index contributed by atoms with van der Waals surface area (Å²) in [5.74, 6) is 0. The SMILES string of the molecule is Nc1cncc(Br)c1N1CCCC1c1ccncc1. The molecule has 1 atom stereocenters. The number of aromatic nitrogens is 2. The molecule has 1 fully saturated rings. The van der Waals surface area contributed by atoms with Crippen LogP contribution in [0.4, 0.5) is 11.4 Å². The average Bonchev–Trinajstić information content (AvgIpc) is 2.89. The van der Waals surface area contributed by atoms with Crippen molar-refractivity contribution in [2.24, 2.45) is 0 Å². The Labute approximate surface area is 120 Å². The molecule has 0 amide bonds. The van der Waals surface area contributed by atoms with Gasteiger partial charge in [-0.15, -0.1) is 0 Å². The first-order chi connectivity index (χ1) is 9.27. The van der Waals surface area contributed by atoms with Crippen LogP contribution in [0.2, 0.25) is 0 Å². The molecule has 98 valence electrons. The van der Waals surface area contributed by atoms with Gasteiger partial charge >= 0.3 is 0 Å². The smallest absolute Gasteiger partial charge is 0.0781 e. The first kappa shape index (κ1) is 12.4. The van der Waals surface area contributed by atoms with Crippen molar-refractivity contribution >= 4 is 27.3 Å². The van der Waals surface area contributed by atoms with E-state index in [0.717, 1.165) is 28.8 Å². The van der Waals surface area contributed by atoms with Crippen LogP contribution in [0.1, 0.15) is 24.4 Å². The molecule has 2 aromatic heterocycles. The molecule has 1 aliphatic heterocycles. The summed E-state index contributed by atoms with van der Waals surface area (Å²) in [6.07, 6.45) is 9.50. The fraction of sp³-hybridized carbons (Fsp3) is 0.286. The number of rotatable bonds is 2. The highest BCUT2D eigenvalue weighted by atomic mass is 79.9. The van der Waals surface area contributed by atoms with Crippen molar-refractivity contribution in [3.63, 3.8) is 0 Å². The molecule has 2 N–H and O–H groups in total. The molecule has 3 rings (SSSR count). The van der Waals surface area contributed by atoms with Crippen LogP contribution in [-0.4, -0.2) is 16.5 Å². The molecular formula is C14H15BrN4. The second-order valence-electron chi connectivity index (χ2n) is 4.69. The molecule has 3 heterocycles. The van der Waals surface area contributed by atoms with Gasteiger partial charge in [-0.2, -0.15) is 0 Å². The van der Waals surface area contributed by atoms with Crippen molar-refractivity contribution in [3.05, 3.63) is 47.0 Å². The van der Waals surface area contributed by atoms with Gasteiger partial charge in [0.2, 0.25) is 0 Å². The molecule has 0 saturated carbocycles. The third kappa shape index (κ3) is 2.30. The van der Waals surface area contributed by atoms with Crippen LogP contribution in [0.5, 0.6) is 0 Å². The minimum atomic E-state index is 0.365. The maximum atomic E-state index is 6.09. The molecule has 1 aliphatic rings. The third-order valence-electron chi connectivity index (χ3n) is 3.53. The maximum Gasteiger partial charge on any atom is 0.0781 e. The van der Waals surface area contributed by atoms with E-state index in [1.54, 1.807) is 12.4 Å². The highest BCUT2D eigenvalue weighted by Gasteiger charge is 2.28. The van der Waals surface area contributed by atoms with E-state index >= 15 is 0 Å². The van der Waals surface area contributed by atoms with Crippen LogP contribution in [-0.2, 0) is 0 Å². The minimum absolute atomic E-state index is 0.365. The lowest BCUT2D eigenvalue weighted by Gasteiger charge is -2.29. The van der Waals surface area contributed by atoms with Gasteiger partial charge in [-0.1, -0.05) is 0 Å². The molecule has 2 aromatic rings. The molecule has 0 bridgehead atoms. The Kier molecular flexibility index (Phi) is 3.38. The Bertz CT molecular complexity index is 553. The lowest BCUT2D eigenvalue weighted by molar-refractivity contribution is 0.717. The van der Waals surface area contributed by atoms with Gasteiger partial charge in [0, 0.05) is 25.1 Å². The minimum Gasteiger partial charge on any atom is -0.396 e. The maximum absolute atomic E-state index is 6.09. The molecule has 1 unspecified atom stereocenters. The summed E-state index contributed by atoms with van der Waals surface area (Å²) in [7, 11) is 0. The Balaban J connectivity index is 2.00. The molecule has 5 heteroatoms. The number of nitrogen functional groups attached to an aromatic ring is 1. The van der Waals surface area contributed by atoms with Gasteiger partial charge in [-0.25, -0.2) is 0 Å². The van der Waals surface area contributed by atoms with Crippen LogP contribution < -0.4 is 10.6 Å². The second kappa shape index (κ2) is 5.17. The van der Waals surface area contributed by atoms with Gasteiger partial charge < -0.3 is 10.6 Å². The van der Waals surface area contributed by atoms with Crippen molar-refractivity contribution in [1.29, 1.82) is 0 Å². The number of nitrogens with zero attached hydrogens (tertiary/aromatic N) is 3. The van der Waals surface area contributed by atoms with Gasteiger partial charge in [0.05, 0.1) is 28.1 Å². The third-order valence-corrected chi connectivity index (χ3v) is 4.11. The van der Waals surface area contributed by atoms with E-state index < -0.39 is 0 Å². The van der Waals surface area contributed by atoms with Gasteiger partial charge in [0.25, 0.3) is 0 Å². The standard InChI is InChI=1S/C14H15BrN4/c15-11-8-18-9-12(16)14(11)19-7-1-2-13(19)10-3-5-17-6-4-10/h3-6,8-9,13H,1-2,7,16H2. The van der Waals surface area contributed by atoms with E-state index in [1.807, 2.05) is 12.4 Å². The summed E-state index contributed by atoms with van der Waals surface area (Å²) >= 11 is 3.56. The highest BCUT2D eigenvalue weighted by molar-refractivity contribution is 9.10. The summed E-state index contributed by atoms with van der Waals surface area (Å²) in [6, 6.07) is 4.52. The number of pyridine rings is 2. The molecule has 19 heavy (non-hydrogen) atoms. The quantitative estimate of drug-likeness (QED) is 0.924. The van der Waals surface area contributed by atoms with Crippen molar-refractivity contribution in [3.8, 4) is 0 Å². The number of hydrogen-bond donors (Lipinski definition) is 1. The lowest BCUT2D eigenvalue weighted by Crippen LogP contribution is -2.24. The van der Waals surface area contributed by atoms with E-state index in [1.165, 1.54) is 12.0 Å². The average molecular weight is 319 g/mol. The van der Waals surface area contributed by atoms with E-state index in [-0.39, 0.29) is 0 Å². The van der Waals surface area contributed by atoms with E-state index in [2.05, 4.69) is 42.9 Å². The topological polar surface area (TPSA) is 55.0 Å². The zero-order valence-electron chi connectivity index (χ0n) is 10.5. The van der Waals surface area contributed by atoms with E-state index in [9.17, 15) is 0 Å². The number of hydrogen-bond acceptors (Lipinski definition) is 4. The predicted octanol–water partition coefficient (Wildman–Crippen LogP) is 3.16. The predicted molar refractivity (Wildman–Crippen MR) is 79.9 cm³/mol. The van der Waals surface area contributed by atoms with Gasteiger partial charge in [0.1, 0.15) is 0 Å². The summed E-state index contributed by atoms with van der Waals surface area (Å²) in [6.45, 7) is 1.01. The van der Waals surface area contributed by atoms with Crippen molar-refractivity contribution in [1.82, 2.24) is 9.97 Å². The van der Waals surface area contributed by atoms with Crippen LogP contribution in [0.3, 0.4) is 0 Å². The molecule has 4 nitrogen and oxygen atoms in total. The fourth-order valence-corrected chi connectivity index (χ4v) is 3.29. The summed E-state index contributed by atoms with van der Waals surface area (Å²) < 4.78 is 0.952. The van der Waals surface area contributed by atoms with Crippen LogP contribution >= 0.6 is 15.9 Å². The molecule has 1 saturated heterocycles. The summed E-state index contributed by atoms with van der Waals surface area (Å²) in [5.41, 5.74) is 9.15. The number of nitrogens with two attached hydrogens (primary N) is 1. The van der Waals surface area contributed by atoms with Gasteiger partial charge in [0.15, 0.2) is 0 Å². The normalized spacial score (nSPS) is 18.8. The second-order valence-corrected chi connectivity index (χ2v) is 5.55. The molecule has 0 radical (unpaired) electrons. The monoisotopic (exact) mass is 318 g/mol. The Morgan fingerprint density at radius 1 is 1.21 bits per heavy atom. The molecule has 0 spiro atoms. The summed E-state index contributed by atoms with van der Waals surface area (Å²) in [4.78, 5) is 10.5.